The number of fused-ring (bicyclic) bond motifs is 1. The van der Waals surface area contributed by atoms with Crippen molar-refractivity contribution in [1.82, 2.24) is 0 Å². The minimum absolute atomic E-state index is 0.0602. The standard InChI is InChI=1S/C18H18BrN3O2/c1-10-6-14-15(7-11(10)2)22-18(24)16(21-14)9-17(23)20-13-5-3-4-12(19)8-13/h3-8,16,21H,9H2,1-2H3,(H,20,23)(H,22,24)/t16-/m1/s1. The lowest BCUT2D eigenvalue weighted by atomic mass is 10.0. The minimum atomic E-state index is -0.591. The van der Waals surface area contributed by atoms with E-state index < -0.39 is 6.04 Å². The number of anilines is 3. The van der Waals surface area contributed by atoms with E-state index >= 15 is 0 Å². The number of hydrogen-bond acceptors (Lipinski definition) is 3. The number of halogens is 1. The van der Waals surface area contributed by atoms with Gasteiger partial charge >= 0.3 is 0 Å². The number of carbonyl (C=O) groups is 2. The van der Waals surface area contributed by atoms with Gasteiger partial charge in [-0.25, -0.2) is 0 Å². The molecule has 1 aliphatic heterocycles. The van der Waals surface area contributed by atoms with Gasteiger partial charge in [0.25, 0.3) is 0 Å². The second-order valence-electron chi connectivity index (χ2n) is 5.93. The highest BCUT2D eigenvalue weighted by molar-refractivity contribution is 9.10. The predicted octanol–water partition coefficient (Wildman–Crippen LogP) is 3.83. The Bertz CT molecular complexity index is 820. The van der Waals surface area contributed by atoms with Gasteiger partial charge in [0.2, 0.25) is 11.8 Å². The van der Waals surface area contributed by atoms with E-state index in [2.05, 4.69) is 31.9 Å². The van der Waals surface area contributed by atoms with E-state index in [0.29, 0.717) is 5.69 Å². The van der Waals surface area contributed by atoms with E-state index in [1.54, 1.807) is 6.07 Å². The summed E-state index contributed by atoms with van der Waals surface area (Å²) < 4.78 is 0.883. The molecule has 6 heteroatoms. The Labute approximate surface area is 149 Å². The molecule has 1 heterocycles. The molecule has 0 aliphatic carbocycles. The topological polar surface area (TPSA) is 70.2 Å². The van der Waals surface area contributed by atoms with Gasteiger partial charge in [0.1, 0.15) is 6.04 Å². The Morgan fingerprint density at radius 3 is 2.58 bits per heavy atom. The van der Waals surface area contributed by atoms with E-state index in [1.165, 1.54) is 0 Å². The van der Waals surface area contributed by atoms with Gasteiger partial charge < -0.3 is 16.0 Å². The highest BCUT2D eigenvalue weighted by Crippen LogP contribution is 2.30. The zero-order valence-electron chi connectivity index (χ0n) is 13.4. The molecule has 3 N–H and O–H groups in total. The highest BCUT2D eigenvalue weighted by atomic mass is 79.9. The zero-order chi connectivity index (χ0) is 17.3. The molecule has 3 rings (SSSR count). The second kappa shape index (κ2) is 6.65. The molecule has 2 amide bonds. The molecule has 0 radical (unpaired) electrons. The van der Waals surface area contributed by atoms with Crippen LogP contribution in [0.4, 0.5) is 17.1 Å². The van der Waals surface area contributed by atoms with Crippen molar-refractivity contribution in [2.45, 2.75) is 26.3 Å². The van der Waals surface area contributed by atoms with Gasteiger partial charge in [-0.15, -0.1) is 0 Å². The number of hydrogen-bond donors (Lipinski definition) is 3. The average molecular weight is 388 g/mol. The molecule has 1 aliphatic rings. The van der Waals surface area contributed by atoms with Gasteiger partial charge in [0, 0.05) is 10.2 Å². The first-order valence-electron chi connectivity index (χ1n) is 7.66. The van der Waals surface area contributed by atoms with Gasteiger partial charge in [-0.3, -0.25) is 9.59 Å². The molecule has 0 saturated carbocycles. The molecule has 0 bridgehead atoms. The monoisotopic (exact) mass is 387 g/mol. The van der Waals surface area contributed by atoms with E-state index in [9.17, 15) is 9.59 Å². The first-order valence-corrected chi connectivity index (χ1v) is 8.46. The van der Waals surface area contributed by atoms with Crippen LogP contribution >= 0.6 is 15.9 Å². The summed E-state index contributed by atoms with van der Waals surface area (Å²) in [6.07, 6.45) is 0.0602. The molecule has 1 atom stereocenters. The SMILES string of the molecule is Cc1cc2c(cc1C)N[C@H](CC(=O)Nc1cccc(Br)c1)C(=O)N2. The Balaban J connectivity index is 1.70. The Kier molecular flexibility index (Phi) is 4.57. The summed E-state index contributed by atoms with van der Waals surface area (Å²) >= 11 is 3.36. The van der Waals surface area contributed by atoms with Crippen molar-refractivity contribution in [2.24, 2.45) is 0 Å². The predicted molar refractivity (Wildman–Crippen MR) is 99.3 cm³/mol. The lowest BCUT2D eigenvalue weighted by molar-refractivity contribution is -0.122. The van der Waals surface area contributed by atoms with Crippen LogP contribution in [0, 0.1) is 13.8 Å². The maximum atomic E-state index is 12.2. The van der Waals surface area contributed by atoms with Gasteiger partial charge in [0.05, 0.1) is 17.8 Å². The molecule has 0 spiro atoms. The van der Waals surface area contributed by atoms with Crippen LogP contribution in [0.25, 0.3) is 0 Å². The van der Waals surface area contributed by atoms with Crippen LogP contribution in [-0.4, -0.2) is 17.9 Å². The second-order valence-corrected chi connectivity index (χ2v) is 6.85. The number of aryl methyl sites for hydroxylation is 2. The Morgan fingerprint density at radius 1 is 1.17 bits per heavy atom. The molecular formula is C18H18BrN3O2. The first kappa shape index (κ1) is 16.5. The van der Waals surface area contributed by atoms with E-state index in [0.717, 1.165) is 27.0 Å². The molecule has 0 aromatic heterocycles. The smallest absolute Gasteiger partial charge is 0.247 e. The number of rotatable bonds is 3. The van der Waals surface area contributed by atoms with Crippen LogP contribution in [-0.2, 0) is 9.59 Å². The van der Waals surface area contributed by atoms with Crippen molar-refractivity contribution in [3.63, 3.8) is 0 Å². The average Bonchev–Trinajstić information content (AvgIpc) is 2.50. The largest absolute Gasteiger partial charge is 0.372 e. The van der Waals surface area contributed by atoms with Gasteiger partial charge in [0.15, 0.2) is 0 Å². The normalized spacial score (nSPS) is 16.0. The maximum Gasteiger partial charge on any atom is 0.247 e. The number of benzene rings is 2. The molecule has 124 valence electrons. The summed E-state index contributed by atoms with van der Waals surface area (Å²) in [5.74, 6) is -0.414. The van der Waals surface area contributed by atoms with E-state index in [4.69, 9.17) is 0 Å². The lowest BCUT2D eigenvalue weighted by Crippen LogP contribution is -2.41. The fraction of sp³-hybridized carbons (Fsp3) is 0.222. The molecule has 0 saturated heterocycles. The van der Waals surface area contributed by atoms with Gasteiger partial charge in [-0.05, 0) is 55.3 Å². The summed E-state index contributed by atoms with van der Waals surface area (Å²) in [6, 6.07) is 10.7. The van der Waals surface area contributed by atoms with E-state index in [1.807, 2.05) is 44.2 Å². The van der Waals surface area contributed by atoms with Crippen molar-refractivity contribution in [3.8, 4) is 0 Å². The number of amides is 2. The van der Waals surface area contributed by atoms with Crippen molar-refractivity contribution >= 4 is 44.8 Å². The van der Waals surface area contributed by atoms with Crippen LogP contribution in [0.3, 0.4) is 0 Å². The van der Waals surface area contributed by atoms with Crippen molar-refractivity contribution < 1.29 is 9.59 Å². The summed E-state index contributed by atoms with van der Waals surface area (Å²) in [6.45, 7) is 4.02. The third-order valence-corrected chi connectivity index (χ3v) is 4.53. The lowest BCUT2D eigenvalue weighted by Gasteiger charge is -2.27. The molecule has 0 fully saturated rings. The molecule has 24 heavy (non-hydrogen) atoms. The molecular weight excluding hydrogens is 370 g/mol. The third-order valence-electron chi connectivity index (χ3n) is 4.04. The van der Waals surface area contributed by atoms with Gasteiger partial charge in [-0.1, -0.05) is 22.0 Å². The summed E-state index contributed by atoms with van der Waals surface area (Å²) in [5, 5.41) is 8.83. The fourth-order valence-corrected chi connectivity index (χ4v) is 3.02. The summed E-state index contributed by atoms with van der Waals surface area (Å²) in [7, 11) is 0. The Morgan fingerprint density at radius 2 is 1.88 bits per heavy atom. The molecule has 5 nitrogen and oxygen atoms in total. The summed E-state index contributed by atoms with van der Waals surface area (Å²) in [4.78, 5) is 24.5. The van der Waals surface area contributed by atoms with Crippen molar-refractivity contribution in [3.05, 3.63) is 52.0 Å². The zero-order valence-corrected chi connectivity index (χ0v) is 15.0. The highest BCUT2D eigenvalue weighted by Gasteiger charge is 2.27. The Hall–Kier alpha value is -2.34. The van der Waals surface area contributed by atoms with Gasteiger partial charge in [-0.2, -0.15) is 0 Å². The van der Waals surface area contributed by atoms with E-state index in [-0.39, 0.29) is 18.2 Å². The fourth-order valence-electron chi connectivity index (χ4n) is 2.62. The molecule has 2 aromatic carbocycles. The molecule has 2 aromatic rings. The van der Waals surface area contributed by atoms with Crippen LogP contribution in [0.5, 0.6) is 0 Å². The van der Waals surface area contributed by atoms with Crippen molar-refractivity contribution in [1.29, 1.82) is 0 Å². The number of carbonyl (C=O) groups excluding carboxylic acids is 2. The molecule has 0 unspecified atom stereocenters. The van der Waals surface area contributed by atoms with Crippen LogP contribution in [0.15, 0.2) is 40.9 Å². The quantitative estimate of drug-likeness (QED) is 0.749. The minimum Gasteiger partial charge on any atom is -0.372 e. The summed E-state index contributed by atoms with van der Waals surface area (Å²) in [5.41, 5.74) is 4.54. The third kappa shape index (κ3) is 3.59. The first-order chi connectivity index (χ1) is 11.4. The van der Waals surface area contributed by atoms with Crippen LogP contribution < -0.4 is 16.0 Å². The van der Waals surface area contributed by atoms with Crippen LogP contribution in [0.2, 0.25) is 0 Å². The van der Waals surface area contributed by atoms with Crippen molar-refractivity contribution in [2.75, 3.05) is 16.0 Å². The maximum absolute atomic E-state index is 12.2. The number of nitrogens with one attached hydrogen (secondary N) is 3. The van der Waals surface area contributed by atoms with Crippen LogP contribution in [0.1, 0.15) is 17.5 Å².